The smallest absolute Gasteiger partial charge is 0.0399 e. The maximum absolute atomic E-state index is 3.75. The molecule has 1 aliphatic carbocycles. The van der Waals surface area contributed by atoms with Crippen LogP contribution in [0.2, 0.25) is 0 Å². The van der Waals surface area contributed by atoms with E-state index in [-0.39, 0.29) is 0 Å². The Hall–Kier alpha value is 0.140. The summed E-state index contributed by atoms with van der Waals surface area (Å²) in [5.41, 5.74) is 0. The number of hydrogen-bond donors (Lipinski definition) is 1. The zero-order chi connectivity index (χ0) is 11.5. The SMILES string of the molecule is CC(N[C@@H](C)C1CCCC1)c1sccc1Br. The van der Waals surface area contributed by atoms with E-state index in [1.165, 1.54) is 35.0 Å². The van der Waals surface area contributed by atoms with Crippen LogP contribution in [0.1, 0.15) is 50.4 Å². The van der Waals surface area contributed by atoms with Crippen molar-refractivity contribution in [2.75, 3.05) is 0 Å². The number of halogens is 1. The Labute approximate surface area is 111 Å². The standard InChI is InChI=1S/C13H20BrNS/c1-9(11-5-3-4-6-11)15-10(2)13-12(14)7-8-16-13/h7-11,15H,3-6H2,1-2H3/t9-,10?/m0/s1. The van der Waals surface area contributed by atoms with E-state index >= 15 is 0 Å². The largest absolute Gasteiger partial charge is 0.307 e. The van der Waals surface area contributed by atoms with E-state index in [0.717, 1.165) is 5.92 Å². The van der Waals surface area contributed by atoms with Crippen molar-refractivity contribution in [1.82, 2.24) is 5.32 Å². The summed E-state index contributed by atoms with van der Waals surface area (Å²) in [4.78, 5) is 1.42. The zero-order valence-electron chi connectivity index (χ0n) is 10.0. The van der Waals surface area contributed by atoms with Crippen LogP contribution in [0.5, 0.6) is 0 Å². The number of hydrogen-bond acceptors (Lipinski definition) is 2. The predicted molar refractivity (Wildman–Crippen MR) is 75.0 cm³/mol. The highest BCUT2D eigenvalue weighted by Crippen LogP contribution is 2.32. The van der Waals surface area contributed by atoms with Crippen molar-refractivity contribution < 1.29 is 0 Å². The van der Waals surface area contributed by atoms with Gasteiger partial charge in [0, 0.05) is 21.4 Å². The van der Waals surface area contributed by atoms with E-state index in [9.17, 15) is 0 Å². The molecule has 2 rings (SSSR count). The minimum atomic E-state index is 0.463. The molecule has 0 radical (unpaired) electrons. The fraction of sp³-hybridized carbons (Fsp3) is 0.692. The second-order valence-corrected chi connectivity index (χ2v) is 6.66. The second kappa shape index (κ2) is 5.65. The Morgan fingerprint density at radius 1 is 1.38 bits per heavy atom. The topological polar surface area (TPSA) is 12.0 Å². The molecule has 0 saturated heterocycles. The molecule has 1 aromatic rings. The first-order chi connectivity index (χ1) is 7.68. The van der Waals surface area contributed by atoms with Gasteiger partial charge in [0.15, 0.2) is 0 Å². The maximum Gasteiger partial charge on any atom is 0.0399 e. The minimum absolute atomic E-state index is 0.463. The molecule has 1 nitrogen and oxygen atoms in total. The van der Waals surface area contributed by atoms with Crippen LogP contribution in [0.4, 0.5) is 0 Å². The number of thiophene rings is 1. The van der Waals surface area contributed by atoms with E-state index in [0.29, 0.717) is 12.1 Å². The molecule has 1 aliphatic rings. The van der Waals surface area contributed by atoms with Crippen molar-refractivity contribution in [2.24, 2.45) is 5.92 Å². The Kier molecular flexibility index (Phi) is 4.45. The lowest BCUT2D eigenvalue weighted by atomic mass is 9.99. The van der Waals surface area contributed by atoms with Crippen LogP contribution in [0.25, 0.3) is 0 Å². The molecule has 2 atom stereocenters. The Bertz CT molecular complexity index is 330. The molecule has 1 heterocycles. The van der Waals surface area contributed by atoms with Crippen LogP contribution in [0.15, 0.2) is 15.9 Å². The maximum atomic E-state index is 3.75. The Balaban J connectivity index is 1.91. The van der Waals surface area contributed by atoms with Gasteiger partial charge >= 0.3 is 0 Å². The van der Waals surface area contributed by atoms with Crippen molar-refractivity contribution >= 4 is 27.3 Å². The Morgan fingerprint density at radius 2 is 2.06 bits per heavy atom. The van der Waals surface area contributed by atoms with E-state index in [1.807, 2.05) is 11.3 Å². The van der Waals surface area contributed by atoms with E-state index in [1.54, 1.807) is 0 Å². The molecular formula is C13H20BrNS. The first-order valence-electron chi connectivity index (χ1n) is 6.17. The van der Waals surface area contributed by atoms with Crippen LogP contribution in [-0.4, -0.2) is 6.04 Å². The van der Waals surface area contributed by atoms with Gasteiger partial charge in [0.1, 0.15) is 0 Å². The summed E-state index contributed by atoms with van der Waals surface area (Å²) < 4.78 is 1.25. The van der Waals surface area contributed by atoms with Crippen LogP contribution >= 0.6 is 27.3 Å². The number of rotatable bonds is 4. The molecule has 3 heteroatoms. The average molecular weight is 302 g/mol. The average Bonchev–Trinajstić information content (AvgIpc) is 2.86. The van der Waals surface area contributed by atoms with Crippen LogP contribution in [0.3, 0.4) is 0 Å². The lowest BCUT2D eigenvalue weighted by Gasteiger charge is -2.24. The van der Waals surface area contributed by atoms with Crippen molar-refractivity contribution in [1.29, 1.82) is 0 Å². The molecule has 0 bridgehead atoms. The van der Waals surface area contributed by atoms with Gasteiger partial charge in [0.05, 0.1) is 0 Å². The highest BCUT2D eigenvalue weighted by molar-refractivity contribution is 9.10. The minimum Gasteiger partial charge on any atom is -0.307 e. The van der Waals surface area contributed by atoms with Crippen molar-refractivity contribution in [3.63, 3.8) is 0 Å². The summed E-state index contributed by atoms with van der Waals surface area (Å²) in [7, 11) is 0. The van der Waals surface area contributed by atoms with Gasteiger partial charge in [-0.05, 0) is 60.0 Å². The third-order valence-electron chi connectivity index (χ3n) is 3.66. The summed E-state index contributed by atoms with van der Waals surface area (Å²) in [5.74, 6) is 0.890. The first-order valence-corrected chi connectivity index (χ1v) is 7.84. The van der Waals surface area contributed by atoms with Crippen LogP contribution in [-0.2, 0) is 0 Å². The molecule has 0 aliphatic heterocycles. The van der Waals surface area contributed by atoms with E-state index < -0.39 is 0 Å². The quantitative estimate of drug-likeness (QED) is 0.847. The molecule has 1 unspecified atom stereocenters. The summed E-state index contributed by atoms with van der Waals surface area (Å²) in [6.45, 7) is 4.61. The fourth-order valence-electron chi connectivity index (χ4n) is 2.68. The fourth-order valence-corrected chi connectivity index (χ4v) is 4.41. The molecule has 1 saturated carbocycles. The molecule has 16 heavy (non-hydrogen) atoms. The van der Waals surface area contributed by atoms with Crippen LogP contribution < -0.4 is 5.32 Å². The Morgan fingerprint density at radius 3 is 2.62 bits per heavy atom. The van der Waals surface area contributed by atoms with Crippen molar-refractivity contribution in [2.45, 2.75) is 51.6 Å². The summed E-state index contributed by atoms with van der Waals surface area (Å²) in [6.07, 6.45) is 5.67. The van der Waals surface area contributed by atoms with Crippen molar-refractivity contribution in [3.05, 3.63) is 20.8 Å². The highest BCUT2D eigenvalue weighted by Gasteiger charge is 2.23. The van der Waals surface area contributed by atoms with Gasteiger partial charge in [-0.15, -0.1) is 11.3 Å². The predicted octanol–water partition coefficient (Wildman–Crippen LogP) is 4.74. The van der Waals surface area contributed by atoms with Gasteiger partial charge in [0.25, 0.3) is 0 Å². The normalized spacial score (nSPS) is 21.2. The summed E-state index contributed by atoms with van der Waals surface area (Å²) in [5, 5.41) is 5.90. The van der Waals surface area contributed by atoms with Gasteiger partial charge in [0.2, 0.25) is 0 Å². The van der Waals surface area contributed by atoms with Gasteiger partial charge in [-0.25, -0.2) is 0 Å². The van der Waals surface area contributed by atoms with Gasteiger partial charge in [-0.3, -0.25) is 0 Å². The van der Waals surface area contributed by atoms with E-state index in [4.69, 9.17) is 0 Å². The second-order valence-electron chi connectivity index (χ2n) is 4.85. The zero-order valence-corrected chi connectivity index (χ0v) is 12.4. The number of nitrogens with one attached hydrogen (secondary N) is 1. The molecular weight excluding hydrogens is 282 g/mol. The lowest BCUT2D eigenvalue weighted by molar-refractivity contribution is 0.354. The van der Waals surface area contributed by atoms with Gasteiger partial charge in [-0.2, -0.15) is 0 Å². The van der Waals surface area contributed by atoms with E-state index in [2.05, 4.69) is 46.5 Å². The van der Waals surface area contributed by atoms with Gasteiger partial charge in [-0.1, -0.05) is 12.8 Å². The highest BCUT2D eigenvalue weighted by atomic mass is 79.9. The molecule has 0 amide bonds. The summed E-state index contributed by atoms with van der Waals surface area (Å²) >= 11 is 5.44. The first kappa shape index (κ1) is 12.6. The molecule has 1 aromatic heterocycles. The molecule has 0 aromatic carbocycles. The third-order valence-corrected chi connectivity index (χ3v) is 5.71. The molecule has 90 valence electrons. The molecule has 0 spiro atoms. The van der Waals surface area contributed by atoms with Gasteiger partial charge < -0.3 is 5.32 Å². The van der Waals surface area contributed by atoms with Crippen LogP contribution in [0, 0.1) is 5.92 Å². The lowest BCUT2D eigenvalue weighted by Crippen LogP contribution is -2.34. The monoisotopic (exact) mass is 301 g/mol. The van der Waals surface area contributed by atoms with Crippen molar-refractivity contribution in [3.8, 4) is 0 Å². The summed E-state index contributed by atoms with van der Waals surface area (Å²) in [6, 6.07) is 3.25. The molecule has 1 fully saturated rings. The molecule has 1 N–H and O–H groups in total. The third kappa shape index (κ3) is 2.88.